The number of para-hydroxylation sites is 1. The second kappa shape index (κ2) is 5.78. The van der Waals surface area contributed by atoms with Gasteiger partial charge in [-0.15, -0.1) is 0 Å². The first-order chi connectivity index (χ1) is 10.1. The summed E-state index contributed by atoms with van der Waals surface area (Å²) in [4.78, 5) is 4.50. The van der Waals surface area contributed by atoms with Gasteiger partial charge in [-0.3, -0.25) is 4.98 Å². The highest BCUT2D eigenvalue weighted by molar-refractivity contribution is 6.35. The first kappa shape index (κ1) is 14.0. The van der Waals surface area contributed by atoms with Crippen molar-refractivity contribution in [3.8, 4) is 0 Å². The molecule has 0 bridgehead atoms. The van der Waals surface area contributed by atoms with Crippen LogP contribution in [0.2, 0.25) is 5.02 Å². The molecule has 0 amide bonds. The number of benzene rings is 2. The highest BCUT2D eigenvalue weighted by Gasteiger charge is 2.09. The molecule has 0 saturated heterocycles. The van der Waals surface area contributed by atoms with E-state index in [-0.39, 0.29) is 0 Å². The molecule has 3 aromatic rings. The van der Waals surface area contributed by atoms with Crippen LogP contribution in [0.3, 0.4) is 0 Å². The summed E-state index contributed by atoms with van der Waals surface area (Å²) >= 11 is 6.23. The lowest BCUT2D eigenvalue weighted by atomic mass is 10.1. The molecule has 1 heterocycles. The molecule has 106 valence electrons. The van der Waals surface area contributed by atoms with Crippen LogP contribution < -0.4 is 0 Å². The Labute approximate surface area is 126 Å². The number of hydrogen-bond donors (Lipinski definition) is 0. The first-order valence-electron chi connectivity index (χ1n) is 6.62. The molecule has 1 aromatic heterocycles. The fourth-order valence-corrected chi connectivity index (χ4v) is 2.60. The molecule has 0 atom stereocenters. The Morgan fingerprint density at radius 2 is 1.76 bits per heavy atom. The third kappa shape index (κ3) is 2.88. The molecule has 0 aliphatic rings. The minimum absolute atomic E-state index is 0.348. The van der Waals surface area contributed by atoms with Gasteiger partial charge in [0.1, 0.15) is 0 Å². The molecule has 0 N–H and O–H groups in total. The van der Waals surface area contributed by atoms with E-state index in [1.807, 2.05) is 24.3 Å². The number of rotatable bonds is 3. The Morgan fingerprint density at radius 3 is 2.62 bits per heavy atom. The summed E-state index contributed by atoms with van der Waals surface area (Å²) < 4.78 is 26.8. The summed E-state index contributed by atoms with van der Waals surface area (Å²) in [5.74, 6) is -1.61. The third-order valence-corrected chi connectivity index (χ3v) is 3.71. The van der Waals surface area contributed by atoms with Crippen molar-refractivity contribution in [1.29, 1.82) is 0 Å². The zero-order valence-electron chi connectivity index (χ0n) is 11.1. The van der Waals surface area contributed by atoms with Crippen LogP contribution in [-0.2, 0) is 12.8 Å². The Kier molecular flexibility index (Phi) is 3.84. The van der Waals surface area contributed by atoms with Gasteiger partial charge in [0.25, 0.3) is 0 Å². The van der Waals surface area contributed by atoms with E-state index in [1.165, 1.54) is 6.07 Å². The monoisotopic (exact) mass is 303 g/mol. The Bertz CT molecular complexity index is 802. The summed E-state index contributed by atoms with van der Waals surface area (Å²) in [7, 11) is 0. The zero-order valence-corrected chi connectivity index (χ0v) is 11.9. The number of aryl methyl sites for hydroxylation is 2. The Balaban J connectivity index is 1.87. The van der Waals surface area contributed by atoms with Gasteiger partial charge in [0.05, 0.1) is 10.5 Å². The van der Waals surface area contributed by atoms with Crippen molar-refractivity contribution in [3.63, 3.8) is 0 Å². The van der Waals surface area contributed by atoms with Crippen LogP contribution in [0.4, 0.5) is 8.78 Å². The standard InChI is InChI=1S/C17H12ClF2N/c18-14-10-12(21-16-7-2-1-5-13(14)16)9-8-11-4-3-6-15(19)17(11)20/h1-7,10H,8-9H2. The van der Waals surface area contributed by atoms with Gasteiger partial charge in [0.2, 0.25) is 0 Å². The molecule has 3 rings (SSSR count). The predicted octanol–water partition coefficient (Wildman–Crippen LogP) is 4.95. The smallest absolute Gasteiger partial charge is 0.162 e. The molecule has 1 nitrogen and oxygen atoms in total. The normalized spacial score (nSPS) is 11.0. The number of hydrogen-bond acceptors (Lipinski definition) is 1. The molecule has 21 heavy (non-hydrogen) atoms. The largest absolute Gasteiger partial charge is 0.253 e. The maximum absolute atomic E-state index is 13.6. The number of halogens is 3. The van der Waals surface area contributed by atoms with Crippen molar-refractivity contribution in [3.05, 3.63) is 76.4 Å². The molecule has 0 radical (unpaired) electrons. The summed E-state index contributed by atoms with van der Waals surface area (Å²) in [5, 5.41) is 1.51. The zero-order chi connectivity index (χ0) is 14.8. The summed E-state index contributed by atoms with van der Waals surface area (Å²) in [5.41, 5.74) is 1.92. The third-order valence-electron chi connectivity index (χ3n) is 3.40. The number of aromatic nitrogens is 1. The highest BCUT2D eigenvalue weighted by atomic mass is 35.5. The van der Waals surface area contributed by atoms with E-state index in [0.717, 1.165) is 22.7 Å². The van der Waals surface area contributed by atoms with Crippen LogP contribution in [0.1, 0.15) is 11.3 Å². The lowest BCUT2D eigenvalue weighted by Crippen LogP contribution is -1.99. The summed E-state index contributed by atoms with van der Waals surface area (Å²) in [6.45, 7) is 0. The number of nitrogens with zero attached hydrogens (tertiary/aromatic N) is 1. The average Bonchev–Trinajstić information content (AvgIpc) is 2.49. The van der Waals surface area contributed by atoms with Crippen molar-refractivity contribution >= 4 is 22.5 Å². The highest BCUT2D eigenvalue weighted by Crippen LogP contribution is 2.23. The molecule has 0 aliphatic carbocycles. The second-order valence-corrected chi connectivity index (χ2v) is 5.23. The minimum Gasteiger partial charge on any atom is -0.253 e. The van der Waals surface area contributed by atoms with Gasteiger partial charge in [-0.25, -0.2) is 8.78 Å². The van der Waals surface area contributed by atoms with Crippen molar-refractivity contribution in [2.75, 3.05) is 0 Å². The molecule has 0 saturated carbocycles. The van der Waals surface area contributed by atoms with Gasteiger partial charge in [0, 0.05) is 11.1 Å². The molecular formula is C17H12ClF2N. The van der Waals surface area contributed by atoms with Crippen LogP contribution in [0, 0.1) is 11.6 Å². The Morgan fingerprint density at radius 1 is 0.952 bits per heavy atom. The van der Waals surface area contributed by atoms with Crippen LogP contribution in [0.25, 0.3) is 10.9 Å². The maximum atomic E-state index is 13.6. The molecule has 0 spiro atoms. The number of fused-ring (bicyclic) bond motifs is 1. The topological polar surface area (TPSA) is 12.9 Å². The lowest BCUT2D eigenvalue weighted by molar-refractivity contribution is 0.498. The fourth-order valence-electron chi connectivity index (χ4n) is 2.32. The molecule has 0 unspecified atom stereocenters. The van der Waals surface area contributed by atoms with E-state index in [2.05, 4.69) is 4.98 Å². The van der Waals surface area contributed by atoms with E-state index in [1.54, 1.807) is 12.1 Å². The summed E-state index contributed by atoms with van der Waals surface area (Å²) in [6.07, 6.45) is 0.885. The van der Waals surface area contributed by atoms with E-state index in [0.29, 0.717) is 23.4 Å². The van der Waals surface area contributed by atoms with Crippen molar-refractivity contribution in [2.45, 2.75) is 12.8 Å². The molecule has 0 fully saturated rings. The minimum atomic E-state index is -0.822. The average molecular weight is 304 g/mol. The van der Waals surface area contributed by atoms with Crippen LogP contribution in [-0.4, -0.2) is 4.98 Å². The van der Waals surface area contributed by atoms with Gasteiger partial charge in [-0.2, -0.15) is 0 Å². The van der Waals surface area contributed by atoms with E-state index >= 15 is 0 Å². The quantitative estimate of drug-likeness (QED) is 0.667. The fraction of sp³-hybridized carbons (Fsp3) is 0.118. The SMILES string of the molecule is Fc1cccc(CCc2cc(Cl)c3ccccc3n2)c1F. The van der Waals surface area contributed by atoms with Crippen LogP contribution in [0.15, 0.2) is 48.5 Å². The van der Waals surface area contributed by atoms with Gasteiger partial charge < -0.3 is 0 Å². The molecule has 4 heteroatoms. The lowest BCUT2D eigenvalue weighted by Gasteiger charge is -2.06. The molecular weight excluding hydrogens is 292 g/mol. The van der Waals surface area contributed by atoms with E-state index < -0.39 is 11.6 Å². The maximum Gasteiger partial charge on any atom is 0.162 e. The first-order valence-corrected chi connectivity index (χ1v) is 7.00. The molecule has 2 aromatic carbocycles. The van der Waals surface area contributed by atoms with Crippen molar-refractivity contribution < 1.29 is 8.78 Å². The number of pyridine rings is 1. The summed E-state index contributed by atoms with van der Waals surface area (Å²) in [6, 6.07) is 13.6. The molecule has 0 aliphatic heterocycles. The van der Waals surface area contributed by atoms with Gasteiger partial charge in [-0.05, 0) is 36.6 Å². The van der Waals surface area contributed by atoms with Crippen LogP contribution >= 0.6 is 11.6 Å². The van der Waals surface area contributed by atoms with Gasteiger partial charge in [-0.1, -0.05) is 41.9 Å². The second-order valence-electron chi connectivity index (χ2n) is 4.83. The predicted molar refractivity (Wildman–Crippen MR) is 80.5 cm³/mol. The van der Waals surface area contributed by atoms with E-state index in [4.69, 9.17) is 11.6 Å². The van der Waals surface area contributed by atoms with E-state index in [9.17, 15) is 8.78 Å². The van der Waals surface area contributed by atoms with Crippen LogP contribution in [0.5, 0.6) is 0 Å². The van der Waals surface area contributed by atoms with Gasteiger partial charge >= 0.3 is 0 Å². The van der Waals surface area contributed by atoms with Crippen molar-refractivity contribution in [1.82, 2.24) is 4.98 Å². The van der Waals surface area contributed by atoms with Crippen molar-refractivity contribution in [2.24, 2.45) is 0 Å². The Hall–Kier alpha value is -2.00. The van der Waals surface area contributed by atoms with Gasteiger partial charge in [0.15, 0.2) is 11.6 Å².